The fraction of sp³-hybridized carbons (Fsp3) is 0.364. The van der Waals surface area contributed by atoms with Crippen molar-refractivity contribution in [3.8, 4) is 0 Å². The van der Waals surface area contributed by atoms with Gasteiger partial charge in [-0.2, -0.15) is 0 Å². The summed E-state index contributed by atoms with van der Waals surface area (Å²) in [6, 6.07) is 10.2. The number of amides is 2. The van der Waals surface area contributed by atoms with Crippen LogP contribution in [-0.4, -0.2) is 29.3 Å². The number of carbonyl (C=O) groups is 2. The molecule has 0 aliphatic rings. The van der Waals surface area contributed by atoms with E-state index < -0.39 is 6.04 Å². The Morgan fingerprint density at radius 3 is 2.34 bits per heavy atom. The Morgan fingerprint density at radius 1 is 1.07 bits per heavy atom. The van der Waals surface area contributed by atoms with E-state index in [4.69, 9.17) is 23.2 Å². The quantitative estimate of drug-likeness (QED) is 0.559. The van der Waals surface area contributed by atoms with Crippen LogP contribution in [0.25, 0.3) is 0 Å². The van der Waals surface area contributed by atoms with Crippen LogP contribution in [0.3, 0.4) is 0 Å². The maximum atomic E-state index is 13.2. The molecule has 0 fully saturated rings. The van der Waals surface area contributed by atoms with Gasteiger partial charge in [0.05, 0.1) is 16.5 Å². The van der Waals surface area contributed by atoms with Crippen molar-refractivity contribution in [1.29, 1.82) is 0 Å². The minimum Gasteiger partial charge on any atom is -0.354 e. The molecular formula is C22H25Cl2FN2O2. The lowest BCUT2D eigenvalue weighted by Gasteiger charge is -2.29. The Kier molecular flexibility index (Phi) is 8.93. The zero-order valence-corrected chi connectivity index (χ0v) is 18.1. The van der Waals surface area contributed by atoms with Crippen LogP contribution in [0.2, 0.25) is 10.0 Å². The van der Waals surface area contributed by atoms with Gasteiger partial charge in [-0.25, -0.2) is 4.39 Å². The van der Waals surface area contributed by atoms with Crippen molar-refractivity contribution in [2.45, 2.75) is 45.7 Å². The first-order valence-corrected chi connectivity index (χ1v) is 10.3. The largest absolute Gasteiger partial charge is 0.354 e. The van der Waals surface area contributed by atoms with E-state index in [1.165, 1.54) is 17.0 Å². The molecule has 0 aliphatic heterocycles. The standard InChI is InChI=1S/C22H25Cl2FN2O2/c1-3-4-11-26-22(29)15(2)27(14-17-7-10-19(23)20(24)12-17)21(28)13-16-5-8-18(25)9-6-16/h5-10,12,15H,3-4,11,13-14H2,1-2H3,(H,26,29)/t15-/m0/s1. The Hall–Kier alpha value is -2.11. The van der Waals surface area contributed by atoms with Gasteiger partial charge in [0, 0.05) is 13.1 Å². The molecule has 1 atom stereocenters. The number of hydrogen-bond donors (Lipinski definition) is 1. The Labute approximate surface area is 181 Å². The molecule has 7 heteroatoms. The molecule has 2 aromatic rings. The number of carbonyl (C=O) groups excluding carboxylic acids is 2. The molecule has 0 saturated carbocycles. The fourth-order valence-electron chi connectivity index (χ4n) is 2.83. The first kappa shape index (κ1) is 23.2. The average molecular weight is 439 g/mol. The van der Waals surface area contributed by atoms with Crippen molar-refractivity contribution in [2.24, 2.45) is 0 Å². The number of halogens is 3. The average Bonchev–Trinajstić information content (AvgIpc) is 2.70. The van der Waals surface area contributed by atoms with E-state index in [0.29, 0.717) is 22.2 Å². The molecular weight excluding hydrogens is 414 g/mol. The molecule has 2 amide bonds. The van der Waals surface area contributed by atoms with Crippen molar-refractivity contribution in [2.75, 3.05) is 6.54 Å². The molecule has 2 rings (SSSR count). The van der Waals surface area contributed by atoms with E-state index in [0.717, 1.165) is 18.4 Å². The molecule has 1 N–H and O–H groups in total. The lowest BCUT2D eigenvalue weighted by atomic mass is 10.1. The second-order valence-corrected chi connectivity index (χ2v) is 7.71. The molecule has 0 heterocycles. The summed E-state index contributed by atoms with van der Waals surface area (Å²) in [6.45, 7) is 4.51. The normalized spacial score (nSPS) is 11.8. The van der Waals surface area contributed by atoms with Gasteiger partial charge in [-0.15, -0.1) is 0 Å². The molecule has 0 saturated heterocycles. The van der Waals surface area contributed by atoms with Gasteiger partial charge >= 0.3 is 0 Å². The lowest BCUT2D eigenvalue weighted by Crippen LogP contribution is -2.48. The molecule has 0 spiro atoms. The van der Waals surface area contributed by atoms with Gasteiger partial charge in [0.15, 0.2) is 0 Å². The summed E-state index contributed by atoms with van der Waals surface area (Å²) >= 11 is 12.1. The second kappa shape index (κ2) is 11.2. The number of nitrogens with one attached hydrogen (secondary N) is 1. The van der Waals surface area contributed by atoms with Crippen LogP contribution in [0.15, 0.2) is 42.5 Å². The predicted molar refractivity (Wildman–Crippen MR) is 114 cm³/mol. The summed E-state index contributed by atoms with van der Waals surface area (Å²) in [6.07, 6.45) is 1.90. The Bertz CT molecular complexity index is 843. The van der Waals surface area contributed by atoms with E-state index in [2.05, 4.69) is 5.32 Å². The number of hydrogen-bond acceptors (Lipinski definition) is 2. The number of nitrogens with zero attached hydrogens (tertiary/aromatic N) is 1. The lowest BCUT2D eigenvalue weighted by molar-refractivity contribution is -0.140. The van der Waals surface area contributed by atoms with Crippen molar-refractivity contribution < 1.29 is 14.0 Å². The Morgan fingerprint density at radius 2 is 1.72 bits per heavy atom. The first-order chi connectivity index (χ1) is 13.8. The highest BCUT2D eigenvalue weighted by Crippen LogP contribution is 2.24. The SMILES string of the molecule is CCCCNC(=O)[C@H](C)N(Cc1ccc(Cl)c(Cl)c1)C(=O)Cc1ccc(F)cc1. The van der Waals surface area contributed by atoms with Gasteiger partial charge in [-0.05, 0) is 48.7 Å². The summed E-state index contributed by atoms with van der Waals surface area (Å²) in [5.74, 6) is -0.815. The van der Waals surface area contributed by atoms with E-state index in [1.807, 2.05) is 6.92 Å². The highest BCUT2D eigenvalue weighted by atomic mass is 35.5. The zero-order chi connectivity index (χ0) is 21.4. The zero-order valence-electron chi connectivity index (χ0n) is 16.6. The van der Waals surface area contributed by atoms with Gasteiger partial charge in [0.2, 0.25) is 11.8 Å². The van der Waals surface area contributed by atoms with Gasteiger partial charge in [0.25, 0.3) is 0 Å². The van der Waals surface area contributed by atoms with Gasteiger partial charge in [-0.3, -0.25) is 9.59 Å². The van der Waals surface area contributed by atoms with E-state index in [9.17, 15) is 14.0 Å². The molecule has 4 nitrogen and oxygen atoms in total. The molecule has 0 unspecified atom stereocenters. The third-order valence-electron chi connectivity index (χ3n) is 4.60. The van der Waals surface area contributed by atoms with Crippen molar-refractivity contribution in [3.05, 3.63) is 69.5 Å². The minimum absolute atomic E-state index is 0.0637. The first-order valence-electron chi connectivity index (χ1n) is 9.57. The fourth-order valence-corrected chi connectivity index (χ4v) is 3.15. The summed E-state index contributed by atoms with van der Waals surface area (Å²) in [5, 5.41) is 3.67. The summed E-state index contributed by atoms with van der Waals surface area (Å²) < 4.78 is 13.2. The number of benzene rings is 2. The highest BCUT2D eigenvalue weighted by Gasteiger charge is 2.26. The maximum Gasteiger partial charge on any atom is 0.242 e. The van der Waals surface area contributed by atoms with Gasteiger partial charge < -0.3 is 10.2 Å². The summed E-state index contributed by atoms with van der Waals surface area (Å²) in [7, 11) is 0. The smallest absolute Gasteiger partial charge is 0.242 e. The van der Waals surface area contributed by atoms with Crippen molar-refractivity contribution in [3.63, 3.8) is 0 Å². The Balaban J connectivity index is 2.20. The summed E-state index contributed by atoms with van der Waals surface area (Å²) in [5.41, 5.74) is 1.44. The van der Waals surface area contributed by atoms with Gasteiger partial charge in [0.1, 0.15) is 11.9 Å². The topological polar surface area (TPSA) is 49.4 Å². The van der Waals surface area contributed by atoms with E-state index in [1.54, 1.807) is 37.3 Å². The van der Waals surface area contributed by atoms with E-state index >= 15 is 0 Å². The van der Waals surface area contributed by atoms with Crippen LogP contribution in [0, 0.1) is 5.82 Å². The van der Waals surface area contributed by atoms with Crippen LogP contribution in [0.4, 0.5) is 4.39 Å². The third-order valence-corrected chi connectivity index (χ3v) is 5.34. The van der Waals surface area contributed by atoms with Crippen molar-refractivity contribution >= 4 is 35.0 Å². The molecule has 2 aromatic carbocycles. The number of rotatable bonds is 9. The third kappa shape index (κ3) is 7.02. The number of unbranched alkanes of at least 4 members (excludes halogenated alkanes) is 1. The van der Waals surface area contributed by atoms with Crippen LogP contribution >= 0.6 is 23.2 Å². The molecule has 156 valence electrons. The highest BCUT2D eigenvalue weighted by molar-refractivity contribution is 6.42. The van der Waals surface area contributed by atoms with Crippen LogP contribution in [0.5, 0.6) is 0 Å². The monoisotopic (exact) mass is 438 g/mol. The predicted octanol–water partition coefficient (Wildman–Crippen LogP) is 5.01. The molecule has 29 heavy (non-hydrogen) atoms. The second-order valence-electron chi connectivity index (χ2n) is 6.89. The summed E-state index contributed by atoms with van der Waals surface area (Å²) in [4.78, 5) is 27.1. The maximum absolute atomic E-state index is 13.2. The van der Waals surface area contributed by atoms with Crippen LogP contribution in [-0.2, 0) is 22.6 Å². The minimum atomic E-state index is -0.672. The van der Waals surface area contributed by atoms with Gasteiger partial charge in [-0.1, -0.05) is 54.7 Å². The van der Waals surface area contributed by atoms with Crippen LogP contribution < -0.4 is 5.32 Å². The van der Waals surface area contributed by atoms with Crippen LogP contribution in [0.1, 0.15) is 37.8 Å². The molecule has 0 bridgehead atoms. The molecule has 0 aliphatic carbocycles. The molecule has 0 radical (unpaired) electrons. The van der Waals surface area contributed by atoms with Crippen molar-refractivity contribution in [1.82, 2.24) is 10.2 Å². The molecule has 0 aromatic heterocycles. The van der Waals surface area contributed by atoms with E-state index in [-0.39, 0.29) is 30.6 Å².